The van der Waals surface area contributed by atoms with Gasteiger partial charge in [0.15, 0.2) is 0 Å². The van der Waals surface area contributed by atoms with Crippen LogP contribution in [0.4, 0.5) is 0 Å². The van der Waals surface area contributed by atoms with Crippen LogP contribution in [0.3, 0.4) is 0 Å². The first-order chi connectivity index (χ1) is 7.11. The molecule has 15 heavy (non-hydrogen) atoms. The zero-order valence-corrected chi connectivity index (χ0v) is 10.6. The van der Waals surface area contributed by atoms with Crippen LogP contribution in [-0.4, -0.2) is 37.6 Å². The lowest BCUT2D eigenvalue weighted by molar-refractivity contribution is -0.148. The van der Waals surface area contributed by atoms with Crippen molar-refractivity contribution < 1.29 is 9.53 Å². The molecular weight excluding hydrogens is 190 g/mol. The standard InChI is InChI=1S/C12H25NO2/c1-5-7-8-13(4)9-10-15-12(14)11(3)6-2/h11H,5-10H2,1-4H3. The molecule has 0 radical (unpaired) electrons. The zero-order valence-electron chi connectivity index (χ0n) is 10.6. The van der Waals surface area contributed by atoms with Crippen molar-refractivity contribution in [3.05, 3.63) is 0 Å². The van der Waals surface area contributed by atoms with E-state index in [-0.39, 0.29) is 11.9 Å². The van der Waals surface area contributed by atoms with Gasteiger partial charge in [0.05, 0.1) is 5.92 Å². The largest absolute Gasteiger partial charge is 0.464 e. The zero-order chi connectivity index (χ0) is 11.7. The molecule has 0 aromatic rings. The SMILES string of the molecule is CCCCN(C)CCOC(=O)C(C)CC. The highest BCUT2D eigenvalue weighted by Crippen LogP contribution is 2.02. The van der Waals surface area contributed by atoms with Crippen LogP contribution in [-0.2, 0) is 9.53 Å². The first kappa shape index (κ1) is 14.4. The number of esters is 1. The predicted molar refractivity (Wildman–Crippen MR) is 62.8 cm³/mol. The van der Waals surface area contributed by atoms with Crippen molar-refractivity contribution in [3.8, 4) is 0 Å². The number of likely N-dealkylation sites (N-methyl/N-ethyl adjacent to an activating group) is 1. The van der Waals surface area contributed by atoms with E-state index in [1.54, 1.807) is 0 Å². The summed E-state index contributed by atoms with van der Waals surface area (Å²) in [6.45, 7) is 8.52. The molecule has 90 valence electrons. The smallest absolute Gasteiger partial charge is 0.308 e. The van der Waals surface area contributed by atoms with Gasteiger partial charge in [-0.15, -0.1) is 0 Å². The van der Waals surface area contributed by atoms with E-state index in [2.05, 4.69) is 18.9 Å². The molecule has 0 amide bonds. The second-order valence-corrected chi connectivity index (χ2v) is 4.13. The summed E-state index contributed by atoms with van der Waals surface area (Å²) >= 11 is 0. The van der Waals surface area contributed by atoms with Gasteiger partial charge >= 0.3 is 5.97 Å². The van der Waals surface area contributed by atoms with Gasteiger partial charge in [-0.25, -0.2) is 0 Å². The molecule has 0 aliphatic rings. The average molecular weight is 215 g/mol. The summed E-state index contributed by atoms with van der Waals surface area (Å²) in [6, 6.07) is 0. The highest BCUT2D eigenvalue weighted by Gasteiger charge is 2.11. The van der Waals surface area contributed by atoms with E-state index in [9.17, 15) is 4.79 Å². The van der Waals surface area contributed by atoms with E-state index in [4.69, 9.17) is 4.74 Å². The number of hydrogen-bond donors (Lipinski definition) is 0. The lowest BCUT2D eigenvalue weighted by Gasteiger charge is -2.16. The maximum atomic E-state index is 11.3. The summed E-state index contributed by atoms with van der Waals surface area (Å²) in [4.78, 5) is 13.5. The van der Waals surface area contributed by atoms with Crippen LogP contribution >= 0.6 is 0 Å². The molecule has 3 heteroatoms. The molecule has 0 aromatic heterocycles. The van der Waals surface area contributed by atoms with Crippen LogP contribution in [0.25, 0.3) is 0 Å². The van der Waals surface area contributed by atoms with E-state index < -0.39 is 0 Å². The van der Waals surface area contributed by atoms with E-state index in [0.717, 1.165) is 19.5 Å². The second-order valence-electron chi connectivity index (χ2n) is 4.13. The summed E-state index contributed by atoms with van der Waals surface area (Å²) in [5, 5.41) is 0. The van der Waals surface area contributed by atoms with Gasteiger partial charge in [0, 0.05) is 6.54 Å². The van der Waals surface area contributed by atoms with Gasteiger partial charge in [0.1, 0.15) is 6.61 Å². The van der Waals surface area contributed by atoms with Gasteiger partial charge in [-0.1, -0.05) is 27.2 Å². The number of ether oxygens (including phenoxy) is 1. The molecule has 0 aliphatic carbocycles. The van der Waals surface area contributed by atoms with Crippen molar-refractivity contribution in [2.24, 2.45) is 5.92 Å². The molecule has 0 aromatic carbocycles. The highest BCUT2D eigenvalue weighted by molar-refractivity contribution is 5.71. The summed E-state index contributed by atoms with van der Waals surface area (Å²) < 4.78 is 5.16. The summed E-state index contributed by atoms with van der Waals surface area (Å²) in [7, 11) is 2.06. The van der Waals surface area contributed by atoms with Crippen molar-refractivity contribution >= 4 is 5.97 Å². The Balaban J connectivity index is 3.48. The van der Waals surface area contributed by atoms with Gasteiger partial charge in [0.2, 0.25) is 0 Å². The maximum absolute atomic E-state index is 11.3. The average Bonchev–Trinajstić information content (AvgIpc) is 2.24. The second kappa shape index (κ2) is 8.72. The first-order valence-corrected chi connectivity index (χ1v) is 5.97. The number of carbonyl (C=O) groups excluding carboxylic acids is 1. The molecule has 0 spiro atoms. The monoisotopic (exact) mass is 215 g/mol. The van der Waals surface area contributed by atoms with E-state index in [1.807, 2.05) is 13.8 Å². The van der Waals surface area contributed by atoms with Gasteiger partial charge in [-0.2, -0.15) is 0 Å². The number of unbranched alkanes of at least 4 members (excludes halogenated alkanes) is 1. The molecule has 1 unspecified atom stereocenters. The van der Waals surface area contributed by atoms with Crippen molar-refractivity contribution in [2.75, 3.05) is 26.7 Å². The molecule has 0 rings (SSSR count). The van der Waals surface area contributed by atoms with Crippen LogP contribution in [0.1, 0.15) is 40.0 Å². The fourth-order valence-electron chi connectivity index (χ4n) is 1.15. The van der Waals surface area contributed by atoms with Crippen LogP contribution in [0.15, 0.2) is 0 Å². The molecule has 0 N–H and O–H groups in total. The summed E-state index contributed by atoms with van der Waals surface area (Å²) in [5.74, 6) is -0.0349. The summed E-state index contributed by atoms with van der Waals surface area (Å²) in [5.41, 5.74) is 0. The highest BCUT2D eigenvalue weighted by atomic mass is 16.5. The molecule has 3 nitrogen and oxygen atoms in total. The van der Waals surface area contributed by atoms with Crippen LogP contribution in [0.5, 0.6) is 0 Å². The normalized spacial score (nSPS) is 12.9. The van der Waals surface area contributed by atoms with Crippen molar-refractivity contribution in [1.29, 1.82) is 0 Å². The fourth-order valence-corrected chi connectivity index (χ4v) is 1.15. The molecule has 0 aliphatic heterocycles. The molecule has 1 atom stereocenters. The Morgan fingerprint density at radius 2 is 2.00 bits per heavy atom. The minimum absolute atomic E-state index is 0.0333. The molecular formula is C12H25NO2. The quantitative estimate of drug-likeness (QED) is 0.582. The Bertz CT molecular complexity index is 171. The predicted octanol–water partition coefficient (Wildman–Crippen LogP) is 2.31. The lowest BCUT2D eigenvalue weighted by Crippen LogP contribution is -2.26. The first-order valence-electron chi connectivity index (χ1n) is 5.97. The Hall–Kier alpha value is -0.570. The third-order valence-corrected chi connectivity index (χ3v) is 2.63. The van der Waals surface area contributed by atoms with E-state index in [1.165, 1.54) is 12.8 Å². The van der Waals surface area contributed by atoms with Gasteiger partial charge in [-0.05, 0) is 26.4 Å². The maximum Gasteiger partial charge on any atom is 0.308 e. The fraction of sp³-hybridized carbons (Fsp3) is 0.917. The third kappa shape index (κ3) is 7.37. The Morgan fingerprint density at radius 1 is 1.33 bits per heavy atom. The Labute approximate surface area is 93.8 Å². The minimum atomic E-state index is -0.0682. The van der Waals surface area contributed by atoms with Crippen molar-refractivity contribution in [3.63, 3.8) is 0 Å². The Kier molecular flexibility index (Phi) is 8.38. The number of hydrogen-bond acceptors (Lipinski definition) is 3. The molecule has 0 heterocycles. The summed E-state index contributed by atoms with van der Waals surface area (Å²) in [6.07, 6.45) is 3.26. The van der Waals surface area contributed by atoms with Crippen LogP contribution in [0, 0.1) is 5.92 Å². The van der Waals surface area contributed by atoms with Crippen molar-refractivity contribution in [2.45, 2.75) is 40.0 Å². The van der Waals surface area contributed by atoms with E-state index in [0.29, 0.717) is 6.61 Å². The number of nitrogens with zero attached hydrogens (tertiary/aromatic N) is 1. The van der Waals surface area contributed by atoms with E-state index >= 15 is 0 Å². The molecule has 0 saturated carbocycles. The number of carbonyl (C=O) groups is 1. The molecule has 0 bridgehead atoms. The van der Waals surface area contributed by atoms with Crippen molar-refractivity contribution in [1.82, 2.24) is 4.90 Å². The minimum Gasteiger partial charge on any atom is -0.464 e. The molecule has 0 saturated heterocycles. The van der Waals surface area contributed by atoms with Crippen LogP contribution < -0.4 is 0 Å². The van der Waals surface area contributed by atoms with Gasteiger partial charge < -0.3 is 9.64 Å². The van der Waals surface area contributed by atoms with Gasteiger partial charge in [-0.3, -0.25) is 4.79 Å². The topological polar surface area (TPSA) is 29.5 Å². The lowest BCUT2D eigenvalue weighted by atomic mass is 10.1. The number of rotatable bonds is 8. The Morgan fingerprint density at radius 3 is 2.53 bits per heavy atom. The third-order valence-electron chi connectivity index (χ3n) is 2.63. The van der Waals surface area contributed by atoms with Gasteiger partial charge in [0.25, 0.3) is 0 Å². The molecule has 0 fully saturated rings. The van der Waals surface area contributed by atoms with Crippen LogP contribution in [0.2, 0.25) is 0 Å².